The Balaban J connectivity index is 1.23. The minimum absolute atomic E-state index is 0.0374. The van der Waals surface area contributed by atoms with Crippen LogP contribution in [0.15, 0.2) is 42.5 Å². The molecule has 0 radical (unpaired) electrons. The first-order valence-electron chi connectivity index (χ1n) is 10.7. The van der Waals surface area contributed by atoms with E-state index in [4.69, 9.17) is 4.74 Å². The molecule has 7 heteroatoms. The van der Waals surface area contributed by atoms with E-state index in [1.54, 1.807) is 0 Å². The molecule has 2 aliphatic heterocycles. The zero-order chi connectivity index (χ0) is 21.4. The maximum atomic E-state index is 12.6. The molecule has 2 aromatic carbocycles. The topological polar surface area (TPSA) is 103 Å². The van der Waals surface area contributed by atoms with E-state index in [1.165, 1.54) is 0 Å². The average Bonchev–Trinajstić information content (AvgIpc) is 3.42. The van der Waals surface area contributed by atoms with Crippen LogP contribution in [-0.4, -0.2) is 36.5 Å². The SMILES string of the molecule is N#CC(Cc1ccc(-c2ccc3c(c2)NC(=O)CO3)cc1)NC(=O)C1NC2CCC1C2. The predicted octanol–water partition coefficient (Wildman–Crippen LogP) is 2.38. The third-order valence-corrected chi connectivity index (χ3v) is 6.45. The van der Waals surface area contributed by atoms with Gasteiger partial charge in [-0.2, -0.15) is 5.26 Å². The van der Waals surface area contributed by atoms with E-state index < -0.39 is 6.04 Å². The van der Waals surface area contributed by atoms with Crippen LogP contribution < -0.4 is 20.7 Å². The second-order valence-electron chi connectivity index (χ2n) is 8.55. The smallest absolute Gasteiger partial charge is 0.262 e. The van der Waals surface area contributed by atoms with E-state index in [0.717, 1.165) is 36.0 Å². The lowest BCUT2D eigenvalue weighted by Gasteiger charge is -2.23. The molecule has 1 saturated heterocycles. The lowest BCUT2D eigenvalue weighted by atomic mass is 9.98. The zero-order valence-electron chi connectivity index (χ0n) is 17.1. The summed E-state index contributed by atoms with van der Waals surface area (Å²) < 4.78 is 5.40. The molecular formula is C24H24N4O3. The van der Waals surface area contributed by atoms with Gasteiger partial charge in [0.25, 0.3) is 5.91 Å². The summed E-state index contributed by atoms with van der Waals surface area (Å²) in [6, 6.07) is 15.5. The molecule has 4 unspecified atom stereocenters. The molecule has 5 rings (SSSR count). The highest BCUT2D eigenvalue weighted by Crippen LogP contribution is 2.35. The van der Waals surface area contributed by atoms with Crippen molar-refractivity contribution in [2.45, 2.75) is 43.8 Å². The average molecular weight is 416 g/mol. The van der Waals surface area contributed by atoms with Crippen LogP contribution in [0.2, 0.25) is 0 Å². The monoisotopic (exact) mass is 416 g/mol. The third-order valence-electron chi connectivity index (χ3n) is 6.45. The Morgan fingerprint density at radius 2 is 2.00 bits per heavy atom. The van der Waals surface area contributed by atoms with Gasteiger partial charge in [-0.1, -0.05) is 30.3 Å². The van der Waals surface area contributed by atoms with Gasteiger partial charge in [0, 0.05) is 12.5 Å². The Hall–Kier alpha value is -3.37. The van der Waals surface area contributed by atoms with E-state index in [9.17, 15) is 14.9 Å². The third kappa shape index (κ3) is 3.99. The number of rotatable bonds is 5. The number of anilines is 1. The Morgan fingerprint density at radius 3 is 2.71 bits per heavy atom. The van der Waals surface area contributed by atoms with Crippen LogP contribution in [0.25, 0.3) is 11.1 Å². The van der Waals surface area contributed by atoms with Gasteiger partial charge < -0.3 is 20.7 Å². The van der Waals surface area contributed by atoms with E-state index >= 15 is 0 Å². The number of hydrogen-bond acceptors (Lipinski definition) is 5. The summed E-state index contributed by atoms with van der Waals surface area (Å²) in [6.45, 7) is 0.0374. The van der Waals surface area contributed by atoms with E-state index in [-0.39, 0.29) is 24.5 Å². The molecule has 3 N–H and O–H groups in total. The van der Waals surface area contributed by atoms with Crippen LogP contribution in [0.3, 0.4) is 0 Å². The summed E-state index contributed by atoms with van der Waals surface area (Å²) in [5.41, 5.74) is 3.60. The normalized spacial score (nSPS) is 24.5. The van der Waals surface area contributed by atoms with E-state index in [1.807, 2.05) is 42.5 Å². The maximum absolute atomic E-state index is 12.6. The van der Waals surface area contributed by atoms with Crippen molar-refractivity contribution >= 4 is 17.5 Å². The molecule has 31 heavy (non-hydrogen) atoms. The molecule has 0 spiro atoms. The van der Waals surface area contributed by atoms with Gasteiger partial charge in [-0.25, -0.2) is 0 Å². The highest BCUT2D eigenvalue weighted by molar-refractivity contribution is 5.96. The summed E-state index contributed by atoms with van der Waals surface area (Å²) in [5.74, 6) is 0.840. The molecule has 7 nitrogen and oxygen atoms in total. The molecule has 2 fully saturated rings. The molecule has 2 aromatic rings. The summed E-state index contributed by atoms with van der Waals surface area (Å²) >= 11 is 0. The number of piperidine rings is 1. The molecule has 3 aliphatic rings. The van der Waals surface area contributed by atoms with Crippen LogP contribution in [0.1, 0.15) is 24.8 Å². The van der Waals surface area contributed by atoms with Crippen LogP contribution in [0, 0.1) is 17.2 Å². The van der Waals surface area contributed by atoms with Crippen LogP contribution in [-0.2, 0) is 16.0 Å². The Morgan fingerprint density at radius 1 is 1.19 bits per heavy atom. The van der Waals surface area contributed by atoms with E-state index in [2.05, 4.69) is 22.0 Å². The summed E-state index contributed by atoms with van der Waals surface area (Å²) in [4.78, 5) is 24.2. The van der Waals surface area contributed by atoms with Gasteiger partial charge in [0.05, 0.1) is 17.8 Å². The van der Waals surface area contributed by atoms with Gasteiger partial charge in [0.1, 0.15) is 11.8 Å². The number of hydrogen-bond donors (Lipinski definition) is 3. The van der Waals surface area contributed by atoms with Gasteiger partial charge in [-0.15, -0.1) is 0 Å². The van der Waals surface area contributed by atoms with Crippen LogP contribution >= 0.6 is 0 Å². The van der Waals surface area contributed by atoms with Gasteiger partial charge >= 0.3 is 0 Å². The Bertz CT molecular complexity index is 1060. The molecule has 158 valence electrons. The minimum atomic E-state index is -0.560. The Kier molecular flexibility index (Phi) is 5.08. The van der Waals surface area contributed by atoms with Gasteiger partial charge in [-0.3, -0.25) is 9.59 Å². The number of nitrogens with one attached hydrogen (secondary N) is 3. The fraction of sp³-hybridized carbons (Fsp3) is 0.375. The number of nitrogens with zero attached hydrogens (tertiary/aromatic N) is 1. The van der Waals surface area contributed by atoms with Crippen LogP contribution in [0.4, 0.5) is 5.69 Å². The number of amides is 2. The Labute approximate surface area is 180 Å². The summed E-state index contributed by atoms with van der Waals surface area (Å²) in [5, 5.41) is 18.7. The van der Waals surface area contributed by atoms with Crippen molar-refractivity contribution in [3.8, 4) is 22.9 Å². The molecule has 4 atom stereocenters. The highest BCUT2D eigenvalue weighted by atomic mass is 16.5. The standard InChI is InChI=1S/C24H24N4O3/c25-12-19(27-24(30)23-17-5-7-18(10-17)26-23)9-14-1-3-15(4-2-14)16-6-8-21-20(11-16)28-22(29)13-31-21/h1-4,6,8,11,17-19,23,26H,5,7,9-10,13H2,(H,27,30)(H,28,29). The second kappa shape index (κ2) is 8.05. The largest absolute Gasteiger partial charge is 0.482 e. The lowest BCUT2D eigenvalue weighted by Crippen LogP contribution is -2.50. The van der Waals surface area contributed by atoms with Crippen molar-refractivity contribution in [3.63, 3.8) is 0 Å². The molecular weight excluding hydrogens is 392 g/mol. The molecule has 1 aliphatic carbocycles. The fourth-order valence-electron chi connectivity index (χ4n) is 4.87. The number of nitriles is 1. The maximum Gasteiger partial charge on any atom is 0.262 e. The van der Waals surface area contributed by atoms with Gasteiger partial charge in [0.15, 0.2) is 6.61 Å². The van der Waals surface area contributed by atoms with Gasteiger partial charge in [0.2, 0.25) is 5.91 Å². The quantitative estimate of drug-likeness (QED) is 0.694. The highest BCUT2D eigenvalue weighted by Gasteiger charge is 2.43. The van der Waals surface area contributed by atoms with Crippen molar-refractivity contribution in [2.24, 2.45) is 5.92 Å². The molecule has 2 bridgehead atoms. The summed E-state index contributed by atoms with van der Waals surface area (Å²) in [6.07, 6.45) is 3.76. The number of carbonyl (C=O) groups is 2. The second-order valence-corrected chi connectivity index (χ2v) is 8.55. The van der Waals surface area contributed by atoms with Gasteiger partial charge in [-0.05, 0) is 54.0 Å². The number of ether oxygens (including phenoxy) is 1. The van der Waals surface area contributed by atoms with E-state index in [0.29, 0.717) is 29.8 Å². The number of fused-ring (bicyclic) bond motifs is 3. The van der Waals surface area contributed by atoms with Crippen molar-refractivity contribution in [1.29, 1.82) is 5.26 Å². The zero-order valence-corrected chi connectivity index (χ0v) is 17.1. The first kappa shape index (κ1) is 19.6. The molecule has 1 saturated carbocycles. The number of carbonyl (C=O) groups excluding carboxylic acids is 2. The van der Waals surface area contributed by atoms with Crippen molar-refractivity contribution in [1.82, 2.24) is 10.6 Å². The first-order valence-corrected chi connectivity index (χ1v) is 10.7. The van der Waals surface area contributed by atoms with Crippen molar-refractivity contribution < 1.29 is 14.3 Å². The predicted molar refractivity (Wildman–Crippen MR) is 115 cm³/mol. The van der Waals surface area contributed by atoms with Crippen molar-refractivity contribution in [3.05, 3.63) is 48.0 Å². The summed E-state index contributed by atoms with van der Waals surface area (Å²) in [7, 11) is 0. The molecule has 2 heterocycles. The first-order chi connectivity index (χ1) is 15.1. The minimum Gasteiger partial charge on any atom is -0.482 e. The van der Waals surface area contributed by atoms with Crippen molar-refractivity contribution in [2.75, 3.05) is 11.9 Å². The fourth-order valence-corrected chi connectivity index (χ4v) is 4.87. The lowest BCUT2D eigenvalue weighted by molar-refractivity contribution is -0.124. The number of benzene rings is 2. The van der Waals surface area contributed by atoms with Crippen LogP contribution in [0.5, 0.6) is 5.75 Å². The molecule has 0 aromatic heterocycles. The molecule has 2 amide bonds.